The van der Waals surface area contributed by atoms with Gasteiger partial charge in [0.05, 0.1) is 11.2 Å². The van der Waals surface area contributed by atoms with E-state index in [9.17, 15) is 0 Å². The van der Waals surface area contributed by atoms with Crippen molar-refractivity contribution >= 4 is 7.12 Å². The lowest BCUT2D eigenvalue weighted by atomic mass is 9.81. The molecule has 0 N–H and O–H groups in total. The Morgan fingerprint density at radius 2 is 1.32 bits per heavy atom. The maximum absolute atomic E-state index is 5.95. The maximum atomic E-state index is 5.95. The molecule has 0 atom stereocenters. The van der Waals surface area contributed by atoms with Gasteiger partial charge in [-0.15, -0.1) is 0 Å². The molecule has 0 unspecified atom stereocenters. The Hall–Kier alpha value is -0.795. The fourth-order valence-electron chi connectivity index (χ4n) is 1.85. The van der Waals surface area contributed by atoms with E-state index in [1.165, 1.54) is 12.0 Å². The van der Waals surface area contributed by atoms with Gasteiger partial charge in [-0.05, 0) is 27.7 Å². The van der Waals surface area contributed by atoms with E-state index in [0.717, 1.165) is 6.32 Å². The largest absolute Gasteiger partial charge is 0.462 e. The molecule has 0 aliphatic carbocycles. The molecule has 19 heavy (non-hydrogen) atoms. The fourth-order valence-corrected chi connectivity index (χ4v) is 1.85. The maximum Gasteiger partial charge on any atom is 0.462 e. The molecule has 0 spiro atoms. The van der Waals surface area contributed by atoms with Crippen molar-refractivity contribution in [2.24, 2.45) is 0 Å². The highest BCUT2D eigenvalue weighted by atomic mass is 16.7. The Bertz CT molecular complexity index is 358. The molecule has 3 heteroatoms. The average Bonchev–Trinajstić information content (AvgIpc) is 2.49. The standard InChI is InChI=1S/C13H19BO2.C3H8/c1-12(2)13(3,4)16-14(15-12)10-11-8-6-5-7-9-11;1-3-2/h5-9H,10H2,1-4H3;3H2,1-2H3. The van der Waals surface area contributed by atoms with Crippen LogP contribution in [0.5, 0.6) is 0 Å². The first kappa shape index (κ1) is 16.3. The summed E-state index contributed by atoms with van der Waals surface area (Å²) in [6, 6.07) is 10.3. The van der Waals surface area contributed by atoms with Gasteiger partial charge in [0.1, 0.15) is 0 Å². The third-order valence-corrected chi connectivity index (χ3v) is 3.55. The van der Waals surface area contributed by atoms with Crippen molar-refractivity contribution in [3.63, 3.8) is 0 Å². The third-order valence-electron chi connectivity index (χ3n) is 3.55. The molecule has 2 nitrogen and oxygen atoms in total. The van der Waals surface area contributed by atoms with E-state index in [2.05, 4.69) is 53.7 Å². The number of benzene rings is 1. The molecule has 0 saturated carbocycles. The van der Waals surface area contributed by atoms with Gasteiger partial charge in [0.15, 0.2) is 0 Å². The summed E-state index contributed by atoms with van der Waals surface area (Å²) in [5.41, 5.74) is 0.791. The van der Waals surface area contributed by atoms with Crippen molar-refractivity contribution < 1.29 is 9.31 Å². The highest BCUT2D eigenvalue weighted by molar-refractivity contribution is 6.45. The Morgan fingerprint density at radius 1 is 0.895 bits per heavy atom. The van der Waals surface area contributed by atoms with E-state index in [-0.39, 0.29) is 18.3 Å². The van der Waals surface area contributed by atoms with Crippen LogP contribution in [0.2, 0.25) is 0 Å². The monoisotopic (exact) mass is 262 g/mol. The lowest BCUT2D eigenvalue weighted by Crippen LogP contribution is -2.41. The lowest BCUT2D eigenvalue weighted by Gasteiger charge is -2.32. The molecule has 0 amide bonds. The van der Waals surface area contributed by atoms with Crippen LogP contribution in [0.4, 0.5) is 0 Å². The van der Waals surface area contributed by atoms with Crippen LogP contribution in [0.25, 0.3) is 0 Å². The summed E-state index contributed by atoms with van der Waals surface area (Å²) in [6.07, 6.45) is 2.06. The van der Waals surface area contributed by atoms with Gasteiger partial charge in [0, 0.05) is 6.32 Å². The number of hydrogen-bond acceptors (Lipinski definition) is 2. The SMILES string of the molecule is CC1(C)OB(Cc2ccccc2)OC1(C)C.CCC. The van der Waals surface area contributed by atoms with Gasteiger partial charge >= 0.3 is 7.12 Å². The zero-order valence-corrected chi connectivity index (χ0v) is 13.2. The number of rotatable bonds is 2. The quantitative estimate of drug-likeness (QED) is 0.741. The van der Waals surface area contributed by atoms with Crippen LogP contribution in [-0.2, 0) is 15.6 Å². The summed E-state index contributed by atoms with van der Waals surface area (Å²) < 4.78 is 11.9. The van der Waals surface area contributed by atoms with Crippen LogP contribution in [0.1, 0.15) is 53.5 Å². The smallest absolute Gasteiger partial charge is 0.403 e. The second-order valence-corrected chi connectivity index (χ2v) is 6.08. The molecule has 0 bridgehead atoms. The van der Waals surface area contributed by atoms with Gasteiger partial charge in [0.25, 0.3) is 0 Å². The Kier molecular flexibility index (Phi) is 5.63. The van der Waals surface area contributed by atoms with Crippen LogP contribution in [-0.4, -0.2) is 18.3 Å². The van der Waals surface area contributed by atoms with Crippen molar-refractivity contribution in [1.82, 2.24) is 0 Å². The zero-order valence-electron chi connectivity index (χ0n) is 13.2. The second-order valence-electron chi connectivity index (χ2n) is 6.08. The molecule has 1 aliphatic rings. The Morgan fingerprint density at radius 3 is 1.74 bits per heavy atom. The minimum absolute atomic E-state index is 0.132. The predicted molar refractivity (Wildman–Crippen MR) is 82.2 cm³/mol. The summed E-state index contributed by atoms with van der Waals surface area (Å²) in [7, 11) is -0.132. The first-order valence-electron chi connectivity index (χ1n) is 7.22. The molecule has 1 aromatic carbocycles. The van der Waals surface area contributed by atoms with Crippen molar-refractivity contribution in [3.8, 4) is 0 Å². The van der Waals surface area contributed by atoms with E-state index < -0.39 is 0 Å². The third kappa shape index (κ3) is 4.36. The second kappa shape index (κ2) is 6.58. The predicted octanol–water partition coefficient (Wildman–Crippen LogP) is 4.28. The summed E-state index contributed by atoms with van der Waals surface area (Å²) in [6.45, 7) is 12.6. The molecule has 1 saturated heterocycles. The van der Waals surface area contributed by atoms with Gasteiger partial charge in [-0.3, -0.25) is 0 Å². The molecule has 1 heterocycles. The van der Waals surface area contributed by atoms with Gasteiger partial charge in [-0.1, -0.05) is 56.2 Å². The molecule has 2 rings (SSSR count). The molecule has 1 aliphatic heterocycles. The van der Waals surface area contributed by atoms with E-state index in [1.54, 1.807) is 0 Å². The zero-order chi connectivity index (χ0) is 14.5. The molecule has 1 fully saturated rings. The van der Waals surface area contributed by atoms with E-state index in [4.69, 9.17) is 9.31 Å². The minimum atomic E-state index is -0.230. The molecular formula is C16H27BO2. The molecule has 0 aromatic heterocycles. The van der Waals surface area contributed by atoms with Gasteiger partial charge in [-0.2, -0.15) is 0 Å². The Balaban J connectivity index is 0.000000550. The van der Waals surface area contributed by atoms with Crippen molar-refractivity contribution in [1.29, 1.82) is 0 Å². The van der Waals surface area contributed by atoms with Crippen molar-refractivity contribution in [2.75, 3.05) is 0 Å². The molecule has 0 radical (unpaired) electrons. The molecule has 1 aromatic rings. The lowest BCUT2D eigenvalue weighted by molar-refractivity contribution is 0.00578. The summed E-state index contributed by atoms with van der Waals surface area (Å²) >= 11 is 0. The topological polar surface area (TPSA) is 18.5 Å². The van der Waals surface area contributed by atoms with Crippen molar-refractivity contribution in [3.05, 3.63) is 35.9 Å². The fraction of sp³-hybridized carbons (Fsp3) is 0.625. The van der Waals surface area contributed by atoms with Crippen LogP contribution in [0.15, 0.2) is 30.3 Å². The van der Waals surface area contributed by atoms with Crippen LogP contribution < -0.4 is 0 Å². The highest BCUT2D eigenvalue weighted by Gasteiger charge is 2.50. The van der Waals surface area contributed by atoms with Gasteiger partial charge in [-0.25, -0.2) is 0 Å². The van der Waals surface area contributed by atoms with E-state index >= 15 is 0 Å². The minimum Gasteiger partial charge on any atom is -0.403 e. The first-order chi connectivity index (χ1) is 8.82. The first-order valence-corrected chi connectivity index (χ1v) is 7.22. The van der Waals surface area contributed by atoms with Crippen LogP contribution in [0, 0.1) is 0 Å². The Labute approximate surface area is 118 Å². The van der Waals surface area contributed by atoms with Crippen LogP contribution in [0.3, 0.4) is 0 Å². The van der Waals surface area contributed by atoms with E-state index in [1.807, 2.05) is 18.2 Å². The normalized spacial score (nSPS) is 19.8. The van der Waals surface area contributed by atoms with Gasteiger partial charge in [0.2, 0.25) is 0 Å². The average molecular weight is 262 g/mol. The van der Waals surface area contributed by atoms with Crippen LogP contribution >= 0.6 is 0 Å². The summed E-state index contributed by atoms with van der Waals surface area (Å²) in [5.74, 6) is 0. The molecule has 106 valence electrons. The number of hydrogen-bond donors (Lipinski definition) is 0. The summed E-state index contributed by atoms with van der Waals surface area (Å²) in [4.78, 5) is 0. The molecular weight excluding hydrogens is 235 g/mol. The van der Waals surface area contributed by atoms with Gasteiger partial charge < -0.3 is 9.31 Å². The highest BCUT2D eigenvalue weighted by Crippen LogP contribution is 2.37. The van der Waals surface area contributed by atoms with E-state index in [0.29, 0.717) is 0 Å². The summed E-state index contributed by atoms with van der Waals surface area (Å²) in [5, 5.41) is 0. The van der Waals surface area contributed by atoms with Crippen molar-refractivity contribution in [2.45, 2.75) is 65.5 Å².